The molecular weight excluding hydrogens is 390 g/mol. The normalized spacial score (nSPS) is 10.6. The van der Waals surface area contributed by atoms with E-state index in [4.69, 9.17) is 4.52 Å². The van der Waals surface area contributed by atoms with Crippen LogP contribution in [0.4, 0.5) is 5.69 Å². The maximum Gasteiger partial charge on any atom is 0.258 e. The molecule has 0 spiro atoms. The first-order chi connectivity index (χ1) is 11.6. The number of amides is 1. The summed E-state index contributed by atoms with van der Waals surface area (Å²) < 4.78 is 5.88. The van der Waals surface area contributed by atoms with Gasteiger partial charge in [0.1, 0.15) is 10.8 Å². The molecule has 1 aromatic carbocycles. The van der Waals surface area contributed by atoms with Gasteiger partial charge in [-0.2, -0.15) is 0 Å². The van der Waals surface area contributed by atoms with Crippen LogP contribution in [0.1, 0.15) is 21.8 Å². The van der Waals surface area contributed by atoms with Crippen LogP contribution < -0.4 is 5.32 Å². The lowest BCUT2D eigenvalue weighted by atomic mass is 10.2. The fraction of sp³-hybridized carbons (Fsp3) is 0.118. The lowest BCUT2D eigenvalue weighted by Gasteiger charge is -2.09. The van der Waals surface area contributed by atoms with Gasteiger partial charge in [-0.3, -0.25) is 4.79 Å². The second kappa shape index (κ2) is 7.63. The van der Waals surface area contributed by atoms with Gasteiger partial charge in [0.2, 0.25) is 0 Å². The molecule has 2 aromatic heterocycles. The van der Waals surface area contributed by atoms with Crippen LogP contribution in [0.3, 0.4) is 0 Å². The molecule has 0 radical (unpaired) electrons. The lowest BCUT2D eigenvalue weighted by Crippen LogP contribution is -2.14. The van der Waals surface area contributed by atoms with Crippen molar-refractivity contribution in [1.29, 1.82) is 0 Å². The maximum absolute atomic E-state index is 12.6. The van der Waals surface area contributed by atoms with E-state index >= 15 is 0 Å². The molecule has 3 aromatic rings. The minimum atomic E-state index is -0.200. The van der Waals surface area contributed by atoms with E-state index in [-0.39, 0.29) is 5.91 Å². The highest BCUT2D eigenvalue weighted by molar-refractivity contribution is 9.10. The van der Waals surface area contributed by atoms with Crippen LogP contribution in [0.2, 0.25) is 0 Å². The van der Waals surface area contributed by atoms with Crippen molar-refractivity contribution in [3.8, 4) is 0 Å². The molecule has 0 aliphatic carbocycles. The number of hydrogen-bond acceptors (Lipinski definition) is 5. The van der Waals surface area contributed by atoms with Gasteiger partial charge in [0.15, 0.2) is 0 Å². The van der Waals surface area contributed by atoms with Crippen LogP contribution in [-0.2, 0) is 5.75 Å². The van der Waals surface area contributed by atoms with E-state index < -0.39 is 0 Å². The Bertz CT molecular complexity index is 866. The topological polar surface area (TPSA) is 68.0 Å². The molecule has 0 aliphatic heterocycles. The molecule has 0 saturated heterocycles. The molecule has 0 saturated carbocycles. The SMILES string of the molecule is Cc1cc(CSc2ncccc2C(=O)Nc2ccccc2Br)no1. The third-order valence-electron chi connectivity index (χ3n) is 3.17. The number of nitrogens with zero attached hydrogens (tertiary/aromatic N) is 2. The number of carbonyl (C=O) groups excluding carboxylic acids is 1. The molecule has 7 heteroatoms. The maximum atomic E-state index is 12.6. The van der Waals surface area contributed by atoms with Gasteiger partial charge < -0.3 is 9.84 Å². The molecular formula is C17H14BrN3O2S. The molecule has 5 nitrogen and oxygen atoms in total. The zero-order valence-corrected chi connectivity index (χ0v) is 15.2. The average molecular weight is 404 g/mol. The van der Waals surface area contributed by atoms with Gasteiger partial charge in [-0.05, 0) is 47.1 Å². The number of pyridine rings is 1. The second-order valence-corrected chi connectivity index (χ2v) is 6.83. The monoisotopic (exact) mass is 403 g/mol. The van der Waals surface area contributed by atoms with Crippen molar-refractivity contribution < 1.29 is 9.32 Å². The van der Waals surface area contributed by atoms with Crippen molar-refractivity contribution in [2.75, 3.05) is 5.32 Å². The van der Waals surface area contributed by atoms with Crippen LogP contribution in [0, 0.1) is 6.92 Å². The second-order valence-electron chi connectivity index (χ2n) is 5.01. The Labute approximate surface area is 152 Å². The number of hydrogen-bond donors (Lipinski definition) is 1. The van der Waals surface area contributed by atoms with Gasteiger partial charge in [0, 0.05) is 22.5 Å². The van der Waals surface area contributed by atoms with E-state index in [9.17, 15) is 4.79 Å². The van der Waals surface area contributed by atoms with E-state index in [0.29, 0.717) is 16.3 Å². The van der Waals surface area contributed by atoms with E-state index in [0.717, 1.165) is 21.6 Å². The number of thioether (sulfide) groups is 1. The summed E-state index contributed by atoms with van der Waals surface area (Å²) in [6.07, 6.45) is 1.67. The van der Waals surface area contributed by atoms with Crippen LogP contribution in [-0.4, -0.2) is 16.0 Å². The third-order valence-corrected chi connectivity index (χ3v) is 4.90. The predicted octanol–water partition coefficient (Wildman–Crippen LogP) is 4.69. The highest BCUT2D eigenvalue weighted by Crippen LogP contribution is 2.26. The number of rotatable bonds is 5. The third kappa shape index (κ3) is 4.04. The van der Waals surface area contributed by atoms with Crippen molar-refractivity contribution in [3.05, 3.63) is 70.2 Å². The lowest BCUT2D eigenvalue weighted by molar-refractivity contribution is 0.102. The Kier molecular flexibility index (Phi) is 5.32. The minimum absolute atomic E-state index is 0.200. The molecule has 122 valence electrons. The van der Waals surface area contributed by atoms with Gasteiger partial charge in [-0.15, -0.1) is 0 Å². The standard InChI is InChI=1S/C17H14BrN3O2S/c1-11-9-12(21-23-11)10-24-17-13(5-4-8-19-17)16(22)20-15-7-3-2-6-14(15)18/h2-9H,10H2,1H3,(H,20,22). The zero-order valence-electron chi connectivity index (χ0n) is 12.8. The van der Waals surface area contributed by atoms with Crippen molar-refractivity contribution in [1.82, 2.24) is 10.1 Å². The molecule has 0 fully saturated rings. The summed E-state index contributed by atoms with van der Waals surface area (Å²) in [5, 5.41) is 7.51. The first kappa shape index (κ1) is 16.7. The Balaban J connectivity index is 1.75. The molecule has 0 aliphatic rings. The number of halogens is 1. The highest BCUT2D eigenvalue weighted by atomic mass is 79.9. The predicted molar refractivity (Wildman–Crippen MR) is 97.1 cm³/mol. The number of carbonyl (C=O) groups is 1. The Morgan fingerprint density at radius 1 is 1.29 bits per heavy atom. The Morgan fingerprint density at radius 2 is 2.12 bits per heavy atom. The number of aromatic nitrogens is 2. The highest BCUT2D eigenvalue weighted by Gasteiger charge is 2.14. The summed E-state index contributed by atoms with van der Waals surface area (Å²) in [5.41, 5.74) is 2.06. The molecule has 24 heavy (non-hydrogen) atoms. The fourth-order valence-electron chi connectivity index (χ4n) is 2.06. The quantitative estimate of drug-likeness (QED) is 0.626. The van der Waals surface area contributed by atoms with E-state index in [1.165, 1.54) is 11.8 Å². The Hall–Kier alpha value is -2.12. The van der Waals surface area contributed by atoms with E-state index in [1.807, 2.05) is 37.3 Å². The van der Waals surface area contributed by atoms with Crippen molar-refractivity contribution in [2.24, 2.45) is 0 Å². The van der Waals surface area contributed by atoms with Gasteiger partial charge in [0.25, 0.3) is 5.91 Å². The summed E-state index contributed by atoms with van der Waals surface area (Å²) in [6.45, 7) is 1.85. The zero-order chi connectivity index (χ0) is 16.9. The Morgan fingerprint density at radius 3 is 2.88 bits per heavy atom. The van der Waals surface area contributed by atoms with Crippen LogP contribution in [0.15, 0.2) is 62.7 Å². The van der Waals surface area contributed by atoms with Gasteiger partial charge in [-0.1, -0.05) is 29.1 Å². The minimum Gasteiger partial charge on any atom is -0.361 e. The summed E-state index contributed by atoms with van der Waals surface area (Å²) in [5.74, 6) is 1.15. The molecule has 0 atom stereocenters. The molecule has 1 N–H and O–H groups in total. The fourth-order valence-corrected chi connectivity index (χ4v) is 3.32. The number of aryl methyl sites for hydroxylation is 1. The van der Waals surface area contributed by atoms with E-state index in [1.54, 1.807) is 18.3 Å². The molecule has 0 bridgehead atoms. The number of nitrogens with one attached hydrogen (secondary N) is 1. The van der Waals surface area contributed by atoms with Gasteiger partial charge in [0.05, 0.1) is 16.9 Å². The molecule has 1 amide bonds. The number of anilines is 1. The summed E-state index contributed by atoms with van der Waals surface area (Å²) in [6, 6.07) is 12.9. The smallest absolute Gasteiger partial charge is 0.258 e. The summed E-state index contributed by atoms with van der Waals surface area (Å²) in [4.78, 5) is 16.9. The number of para-hydroxylation sites is 1. The van der Waals surface area contributed by atoms with Gasteiger partial charge >= 0.3 is 0 Å². The van der Waals surface area contributed by atoms with Crippen LogP contribution in [0.25, 0.3) is 0 Å². The summed E-state index contributed by atoms with van der Waals surface area (Å²) in [7, 11) is 0. The molecule has 2 heterocycles. The first-order valence-electron chi connectivity index (χ1n) is 7.19. The van der Waals surface area contributed by atoms with Crippen molar-refractivity contribution in [2.45, 2.75) is 17.7 Å². The van der Waals surface area contributed by atoms with E-state index in [2.05, 4.69) is 31.4 Å². The number of benzene rings is 1. The van der Waals surface area contributed by atoms with Crippen LogP contribution >= 0.6 is 27.7 Å². The average Bonchev–Trinajstić information content (AvgIpc) is 3.01. The van der Waals surface area contributed by atoms with Crippen molar-refractivity contribution >= 4 is 39.3 Å². The molecule has 3 rings (SSSR count). The van der Waals surface area contributed by atoms with Crippen LogP contribution in [0.5, 0.6) is 0 Å². The largest absolute Gasteiger partial charge is 0.361 e. The van der Waals surface area contributed by atoms with Crippen molar-refractivity contribution in [3.63, 3.8) is 0 Å². The van der Waals surface area contributed by atoms with Gasteiger partial charge in [-0.25, -0.2) is 4.98 Å². The molecule has 0 unspecified atom stereocenters. The first-order valence-corrected chi connectivity index (χ1v) is 8.97. The summed E-state index contributed by atoms with van der Waals surface area (Å²) >= 11 is 4.88.